The zero-order valence-corrected chi connectivity index (χ0v) is 12.4. The van der Waals surface area contributed by atoms with Gasteiger partial charge in [0.1, 0.15) is 12.4 Å². The smallest absolute Gasteiger partial charge is 0.317 e. The Morgan fingerprint density at radius 1 is 1.50 bits per heavy atom. The predicted octanol–water partition coefficient (Wildman–Crippen LogP) is 2.82. The highest BCUT2D eigenvalue weighted by Gasteiger charge is 2.20. The van der Waals surface area contributed by atoms with Gasteiger partial charge in [-0.2, -0.15) is 0 Å². The van der Waals surface area contributed by atoms with Crippen LogP contribution in [-0.2, 0) is 0 Å². The lowest BCUT2D eigenvalue weighted by molar-refractivity contribution is 0.167. The van der Waals surface area contributed by atoms with Crippen molar-refractivity contribution in [2.75, 3.05) is 26.2 Å². The molecule has 1 heterocycles. The quantitative estimate of drug-likeness (QED) is 0.859. The van der Waals surface area contributed by atoms with E-state index in [-0.39, 0.29) is 6.03 Å². The summed E-state index contributed by atoms with van der Waals surface area (Å²) in [4.78, 5) is 13.9. The maximum Gasteiger partial charge on any atom is 0.317 e. The fourth-order valence-corrected chi connectivity index (χ4v) is 2.52. The van der Waals surface area contributed by atoms with Gasteiger partial charge in [0.25, 0.3) is 0 Å². The van der Waals surface area contributed by atoms with Crippen molar-refractivity contribution in [3.05, 3.63) is 29.8 Å². The number of piperidine rings is 1. The number of urea groups is 1. The molecule has 1 unspecified atom stereocenters. The lowest BCUT2D eigenvalue weighted by Gasteiger charge is -2.30. The molecule has 1 aromatic carbocycles. The molecule has 0 radical (unpaired) electrons. The first kappa shape index (κ1) is 14.7. The minimum absolute atomic E-state index is 0.0318. The third-order valence-electron chi connectivity index (χ3n) is 3.58. The first-order chi connectivity index (χ1) is 9.65. The van der Waals surface area contributed by atoms with Gasteiger partial charge in [0.05, 0.1) is 6.54 Å². The Hall–Kier alpha value is -1.71. The summed E-state index contributed by atoms with van der Waals surface area (Å²) in [6, 6.07) is 7.96. The number of hydrogen-bond donors (Lipinski definition) is 1. The Morgan fingerprint density at radius 3 is 3.10 bits per heavy atom. The van der Waals surface area contributed by atoms with Gasteiger partial charge in [0.15, 0.2) is 0 Å². The highest BCUT2D eigenvalue weighted by atomic mass is 16.5. The zero-order valence-electron chi connectivity index (χ0n) is 12.4. The van der Waals surface area contributed by atoms with Crippen LogP contribution < -0.4 is 10.1 Å². The monoisotopic (exact) mass is 276 g/mol. The number of amides is 2. The number of carbonyl (C=O) groups is 1. The molecule has 1 atom stereocenters. The first-order valence-electron chi connectivity index (χ1n) is 7.37. The minimum atomic E-state index is 0.0318. The van der Waals surface area contributed by atoms with E-state index in [2.05, 4.69) is 12.2 Å². The molecule has 1 N–H and O–H groups in total. The molecular weight excluding hydrogens is 252 g/mol. The SMILES string of the molecule is Cc1cccc(OCCNC(=O)N2CCCC(C)C2)c1. The van der Waals surface area contributed by atoms with E-state index in [1.807, 2.05) is 36.1 Å². The Balaban J connectivity index is 1.66. The molecule has 1 saturated heterocycles. The molecule has 4 heteroatoms. The number of ether oxygens (including phenoxy) is 1. The summed E-state index contributed by atoms with van der Waals surface area (Å²) in [7, 11) is 0. The van der Waals surface area contributed by atoms with Crippen molar-refractivity contribution in [2.45, 2.75) is 26.7 Å². The molecule has 2 amide bonds. The summed E-state index contributed by atoms with van der Waals surface area (Å²) < 4.78 is 5.61. The van der Waals surface area contributed by atoms with Crippen LogP contribution in [0.5, 0.6) is 5.75 Å². The molecule has 0 aliphatic carbocycles. The first-order valence-corrected chi connectivity index (χ1v) is 7.37. The van der Waals surface area contributed by atoms with Crippen molar-refractivity contribution in [3.8, 4) is 5.75 Å². The van der Waals surface area contributed by atoms with Gasteiger partial charge < -0.3 is 15.0 Å². The van der Waals surface area contributed by atoms with E-state index < -0.39 is 0 Å². The fourth-order valence-electron chi connectivity index (χ4n) is 2.52. The summed E-state index contributed by atoms with van der Waals surface area (Å²) in [5.74, 6) is 1.46. The van der Waals surface area contributed by atoms with Crippen molar-refractivity contribution in [3.63, 3.8) is 0 Å². The lowest BCUT2D eigenvalue weighted by atomic mass is 10.0. The van der Waals surface area contributed by atoms with Crippen molar-refractivity contribution >= 4 is 6.03 Å². The van der Waals surface area contributed by atoms with Crippen LogP contribution in [0.15, 0.2) is 24.3 Å². The Morgan fingerprint density at radius 2 is 2.35 bits per heavy atom. The van der Waals surface area contributed by atoms with Crippen LogP contribution in [0.4, 0.5) is 4.79 Å². The fraction of sp³-hybridized carbons (Fsp3) is 0.562. The number of carbonyl (C=O) groups excluding carboxylic acids is 1. The summed E-state index contributed by atoms with van der Waals surface area (Å²) >= 11 is 0. The van der Waals surface area contributed by atoms with Gasteiger partial charge in [0.2, 0.25) is 0 Å². The zero-order chi connectivity index (χ0) is 14.4. The second kappa shape index (κ2) is 7.17. The molecule has 0 saturated carbocycles. The van der Waals surface area contributed by atoms with Crippen molar-refractivity contribution in [2.24, 2.45) is 5.92 Å². The summed E-state index contributed by atoms with van der Waals surface area (Å²) in [6.45, 7) is 7.00. The van der Waals surface area contributed by atoms with Crippen LogP contribution in [0, 0.1) is 12.8 Å². The maximum atomic E-state index is 12.0. The van der Waals surface area contributed by atoms with Crippen LogP contribution >= 0.6 is 0 Å². The van der Waals surface area contributed by atoms with Crippen LogP contribution in [0.1, 0.15) is 25.3 Å². The van der Waals surface area contributed by atoms with Gasteiger partial charge in [-0.05, 0) is 43.4 Å². The molecule has 20 heavy (non-hydrogen) atoms. The number of nitrogens with zero attached hydrogens (tertiary/aromatic N) is 1. The van der Waals surface area contributed by atoms with Gasteiger partial charge in [0, 0.05) is 13.1 Å². The second-order valence-electron chi connectivity index (χ2n) is 5.59. The summed E-state index contributed by atoms with van der Waals surface area (Å²) in [5.41, 5.74) is 1.17. The van der Waals surface area contributed by atoms with E-state index in [1.54, 1.807) is 0 Å². The number of rotatable bonds is 4. The molecule has 1 aromatic rings. The van der Waals surface area contributed by atoms with Crippen LogP contribution in [0.2, 0.25) is 0 Å². The van der Waals surface area contributed by atoms with Gasteiger partial charge in [-0.3, -0.25) is 0 Å². The molecule has 0 aromatic heterocycles. The maximum absolute atomic E-state index is 12.0. The van der Waals surface area contributed by atoms with E-state index in [0.29, 0.717) is 19.1 Å². The average molecular weight is 276 g/mol. The van der Waals surface area contributed by atoms with Crippen molar-refractivity contribution < 1.29 is 9.53 Å². The summed E-state index contributed by atoms with van der Waals surface area (Å²) in [5, 5.41) is 2.92. The second-order valence-corrected chi connectivity index (χ2v) is 5.59. The molecule has 0 spiro atoms. The molecule has 110 valence electrons. The highest BCUT2D eigenvalue weighted by Crippen LogP contribution is 2.15. The topological polar surface area (TPSA) is 41.6 Å². The Kier molecular flexibility index (Phi) is 5.27. The molecule has 2 rings (SSSR count). The van der Waals surface area contributed by atoms with E-state index in [0.717, 1.165) is 25.3 Å². The largest absolute Gasteiger partial charge is 0.492 e. The van der Waals surface area contributed by atoms with Crippen LogP contribution in [-0.4, -0.2) is 37.2 Å². The number of likely N-dealkylation sites (tertiary alicyclic amines) is 1. The van der Waals surface area contributed by atoms with Gasteiger partial charge in [-0.15, -0.1) is 0 Å². The van der Waals surface area contributed by atoms with Crippen LogP contribution in [0.25, 0.3) is 0 Å². The third kappa shape index (κ3) is 4.44. The predicted molar refractivity (Wildman–Crippen MR) is 80.0 cm³/mol. The number of hydrogen-bond acceptors (Lipinski definition) is 2. The highest BCUT2D eigenvalue weighted by molar-refractivity contribution is 5.74. The van der Waals surface area contributed by atoms with E-state index in [9.17, 15) is 4.79 Å². The number of nitrogens with one attached hydrogen (secondary N) is 1. The Bertz CT molecular complexity index is 448. The number of benzene rings is 1. The standard InChI is InChI=1S/C16H24N2O2/c1-13-5-3-7-15(11-13)20-10-8-17-16(19)18-9-4-6-14(2)12-18/h3,5,7,11,14H,4,6,8-10,12H2,1-2H3,(H,17,19). The minimum Gasteiger partial charge on any atom is -0.492 e. The Labute approximate surface area is 121 Å². The third-order valence-corrected chi connectivity index (χ3v) is 3.58. The van der Waals surface area contributed by atoms with Gasteiger partial charge >= 0.3 is 6.03 Å². The van der Waals surface area contributed by atoms with Crippen molar-refractivity contribution in [1.82, 2.24) is 10.2 Å². The normalized spacial score (nSPS) is 18.7. The van der Waals surface area contributed by atoms with Gasteiger partial charge in [-0.25, -0.2) is 4.79 Å². The van der Waals surface area contributed by atoms with E-state index >= 15 is 0 Å². The summed E-state index contributed by atoms with van der Waals surface area (Å²) in [6.07, 6.45) is 2.33. The molecule has 1 aliphatic rings. The molecule has 1 fully saturated rings. The van der Waals surface area contributed by atoms with Crippen molar-refractivity contribution in [1.29, 1.82) is 0 Å². The molecular formula is C16H24N2O2. The van der Waals surface area contributed by atoms with E-state index in [4.69, 9.17) is 4.74 Å². The van der Waals surface area contributed by atoms with Gasteiger partial charge in [-0.1, -0.05) is 19.1 Å². The van der Waals surface area contributed by atoms with Crippen LogP contribution in [0.3, 0.4) is 0 Å². The number of aryl methyl sites for hydroxylation is 1. The molecule has 1 aliphatic heterocycles. The average Bonchev–Trinajstić information content (AvgIpc) is 2.43. The van der Waals surface area contributed by atoms with E-state index in [1.165, 1.54) is 12.0 Å². The molecule has 0 bridgehead atoms. The molecule has 4 nitrogen and oxygen atoms in total. The lowest BCUT2D eigenvalue weighted by Crippen LogP contribution is -2.45.